The van der Waals surface area contributed by atoms with Gasteiger partial charge in [-0.1, -0.05) is 18.2 Å². The minimum atomic E-state index is -3.38. The normalized spacial score (nSPS) is 17.2. The lowest BCUT2D eigenvalue weighted by Gasteiger charge is -2.33. The highest BCUT2D eigenvalue weighted by Crippen LogP contribution is 2.18. The summed E-state index contributed by atoms with van der Waals surface area (Å²) in [5.74, 6) is 0. The van der Waals surface area contributed by atoms with E-state index >= 15 is 0 Å². The van der Waals surface area contributed by atoms with Gasteiger partial charge in [-0.2, -0.15) is 9.40 Å². The maximum Gasteiger partial charge on any atom is 0.243 e. The molecule has 1 aromatic heterocycles. The van der Waals surface area contributed by atoms with E-state index in [1.807, 2.05) is 16.9 Å². The third-order valence-corrected chi connectivity index (χ3v) is 6.52. The molecule has 0 bridgehead atoms. The smallest absolute Gasteiger partial charge is 0.243 e. The summed E-state index contributed by atoms with van der Waals surface area (Å²) in [5.41, 5.74) is 2.41. The third-order valence-electron chi connectivity index (χ3n) is 4.61. The van der Waals surface area contributed by atoms with E-state index in [1.165, 1.54) is 11.3 Å². The lowest BCUT2D eigenvalue weighted by Crippen LogP contribution is -2.48. The van der Waals surface area contributed by atoms with Gasteiger partial charge in [-0.05, 0) is 26.0 Å². The van der Waals surface area contributed by atoms with Crippen LogP contribution in [-0.2, 0) is 23.1 Å². The fourth-order valence-corrected chi connectivity index (χ4v) is 4.51. The number of hydrogen-bond donors (Lipinski definition) is 0. The van der Waals surface area contributed by atoms with E-state index in [1.54, 1.807) is 28.6 Å². The second kappa shape index (κ2) is 7.04. The molecule has 6 nitrogen and oxygen atoms in total. The number of rotatable bonds is 5. The zero-order chi connectivity index (χ0) is 17.2. The predicted molar refractivity (Wildman–Crippen MR) is 93.1 cm³/mol. The molecule has 0 radical (unpaired) electrons. The Labute approximate surface area is 143 Å². The van der Waals surface area contributed by atoms with E-state index in [0.717, 1.165) is 26.2 Å². The van der Waals surface area contributed by atoms with Gasteiger partial charge in [0.1, 0.15) is 0 Å². The lowest BCUT2D eigenvalue weighted by molar-refractivity contribution is 0.181. The van der Waals surface area contributed by atoms with Crippen molar-refractivity contribution >= 4 is 10.0 Å². The van der Waals surface area contributed by atoms with Crippen molar-refractivity contribution < 1.29 is 8.42 Å². The van der Waals surface area contributed by atoms with Crippen LogP contribution < -0.4 is 0 Å². The average molecular weight is 348 g/mol. The molecule has 3 rings (SSSR count). The quantitative estimate of drug-likeness (QED) is 0.825. The van der Waals surface area contributed by atoms with Crippen molar-refractivity contribution in [1.29, 1.82) is 0 Å². The minimum absolute atomic E-state index is 0.374. The first-order valence-corrected chi connectivity index (χ1v) is 9.75. The lowest BCUT2D eigenvalue weighted by atomic mass is 10.2. The van der Waals surface area contributed by atoms with Crippen molar-refractivity contribution in [2.75, 3.05) is 26.2 Å². The van der Waals surface area contributed by atoms with Gasteiger partial charge in [-0.15, -0.1) is 0 Å². The Balaban J connectivity index is 1.62. The molecule has 7 heteroatoms. The molecule has 1 saturated heterocycles. The van der Waals surface area contributed by atoms with Gasteiger partial charge >= 0.3 is 0 Å². The van der Waals surface area contributed by atoms with Gasteiger partial charge < -0.3 is 0 Å². The molecule has 24 heavy (non-hydrogen) atoms. The molecule has 0 atom stereocenters. The van der Waals surface area contributed by atoms with Crippen LogP contribution in [0.2, 0.25) is 0 Å². The maximum atomic E-state index is 12.6. The molecular formula is C17H24N4O2S. The van der Waals surface area contributed by atoms with E-state index in [4.69, 9.17) is 0 Å². The van der Waals surface area contributed by atoms with Crippen molar-refractivity contribution in [2.24, 2.45) is 0 Å². The highest BCUT2D eigenvalue weighted by Gasteiger charge is 2.28. The summed E-state index contributed by atoms with van der Waals surface area (Å²) in [7, 11) is -3.38. The second-order valence-electron chi connectivity index (χ2n) is 6.06. The van der Waals surface area contributed by atoms with E-state index < -0.39 is 10.0 Å². The molecule has 1 aliphatic heterocycles. The molecule has 0 saturated carbocycles. The van der Waals surface area contributed by atoms with Crippen LogP contribution in [-0.4, -0.2) is 53.6 Å². The topological polar surface area (TPSA) is 58.4 Å². The summed E-state index contributed by atoms with van der Waals surface area (Å²) >= 11 is 0. The molecule has 0 amide bonds. The summed E-state index contributed by atoms with van der Waals surface area (Å²) in [5, 5.41) is 4.38. The SMILES string of the molecule is CCn1ncc(CN2CCN(S(=O)(=O)c3ccccc3)CC2)c1C. The summed E-state index contributed by atoms with van der Waals surface area (Å²) < 4.78 is 28.9. The van der Waals surface area contributed by atoms with Gasteiger partial charge in [-0.25, -0.2) is 8.42 Å². The molecule has 0 aliphatic carbocycles. The molecule has 2 heterocycles. The third kappa shape index (κ3) is 3.38. The van der Waals surface area contributed by atoms with Crippen LogP contribution in [0.5, 0.6) is 0 Å². The van der Waals surface area contributed by atoms with E-state index in [-0.39, 0.29) is 0 Å². The molecule has 1 aromatic carbocycles. The van der Waals surface area contributed by atoms with Crippen molar-refractivity contribution in [3.8, 4) is 0 Å². The Morgan fingerprint density at radius 3 is 2.33 bits per heavy atom. The van der Waals surface area contributed by atoms with Gasteiger partial charge in [0.2, 0.25) is 10.0 Å². The molecule has 0 N–H and O–H groups in total. The van der Waals surface area contributed by atoms with Crippen LogP contribution >= 0.6 is 0 Å². The van der Waals surface area contributed by atoms with Crippen LogP contribution in [0.25, 0.3) is 0 Å². The molecule has 2 aromatic rings. The number of piperazine rings is 1. The highest BCUT2D eigenvalue weighted by molar-refractivity contribution is 7.89. The monoisotopic (exact) mass is 348 g/mol. The second-order valence-corrected chi connectivity index (χ2v) is 8.00. The Bertz CT molecular complexity index is 778. The van der Waals surface area contributed by atoms with E-state index in [2.05, 4.69) is 23.8 Å². The predicted octanol–water partition coefficient (Wildman–Crippen LogP) is 1.72. The van der Waals surface area contributed by atoms with Crippen molar-refractivity contribution in [3.05, 3.63) is 47.8 Å². The number of nitrogens with zero attached hydrogens (tertiary/aromatic N) is 4. The fraction of sp³-hybridized carbons (Fsp3) is 0.471. The average Bonchev–Trinajstić information content (AvgIpc) is 2.96. The van der Waals surface area contributed by atoms with Crippen LogP contribution in [0.1, 0.15) is 18.2 Å². The first-order valence-electron chi connectivity index (χ1n) is 8.31. The van der Waals surface area contributed by atoms with Crippen LogP contribution in [0, 0.1) is 6.92 Å². The Morgan fingerprint density at radius 1 is 1.08 bits per heavy atom. The Morgan fingerprint density at radius 2 is 1.75 bits per heavy atom. The molecule has 1 fully saturated rings. The van der Waals surface area contributed by atoms with Crippen molar-refractivity contribution in [1.82, 2.24) is 19.0 Å². The standard InChI is InChI=1S/C17H24N4O2S/c1-3-21-15(2)16(13-18-21)14-19-9-11-20(12-10-19)24(22,23)17-7-5-4-6-8-17/h4-8,13H,3,9-12,14H2,1-2H3. The zero-order valence-corrected chi connectivity index (χ0v) is 15.0. The van der Waals surface area contributed by atoms with Crippen molar-refractivity contribution in [3.63, 3.8) is 0 Å². The largest absolute Gasteiger partial charge is 0.296 e. The van der Waals surface area contributed by atoms with E-state index in [9.17, 15) is 8.42 Å². The summed E-state index contributed by atoms with van der Waals surface area (Å²) in [6.07, 6.45) is 1.92. The molecule has 0 spiro atoms. The Hall–Kier alpha value is -1.70. The number of aromatic nitrogens is 2. The summed E-state index contributed by atoms with van der Waals surface area (Å²) in [6, 6.07) is 8.67. The summed E-state index contributed by atoms with van der Waals surface area (Å²) in [6.45, 7) is 8.39. The zero-order valence-electron chi connectivity index (χ0n) is 14.2. The number of hydrogen-bond acceptors (Lipinski definition) is 4. The van der Waals surface area contributed by atoms with Gasteiger partial charge in [0.15, 0.2) is 0 Å². The molecule has 0 unspecified atom stereocenters. The number of aryl methyl sites for hydroxylation is 1. The van der Waals surface area contributed by atoms with Crippen LogP contribution in [0.3, 0.4) is 0 Å². The summed E-state index contributed by atoms with van der Waals surface area (Å²) in [4.78, 5) is 2.67. The van der Waals surface area contributed by atoms with Crippen molar-refractivity contribution in [2.45, 2.75) is 31.8 Å². The number of benzene rings is 1. The molecule has 130 valence electrons. The minimum Gasteiger partial charge on any atom is -0.296 e. The Kier molecular flexibility index (Phi) is 5.03. The van der Waals surface area contributed by atoms with E-state index in [0.29, 0.717) is 18.0 Å². The highest BCUT2D eigenvalue weighted by atomic mass is 32.2. The number of sulfonamides is 1. The van der Waals surface area contributed by atoms with Crippen LogP contribution in [0.15, 0.2) is 41.4 Å². The van der Waals surface area contributed by atoms with Crippen LogP contribution in [0.4, 0.5) is 0 Å². The van der Waals surface area contributed by atoms with Gasteiger partial charge in [0.25, 0.3) is 0 Å². The van der Waals surface area contributed by atoms with Gasteiger partial charge in [0, 0.05) is 50.5 Å². The first kappa shape index (κ1) is 17.1. The van der Waals surface area contributed by atoms with Gasteiger partial charge in [-0.3, -0.25) is 9.58 Å². The molecule has 1 aliphatic rings. The fourth-order valence-electron chi connectivity index (χ4n) is 3.07. The van der Waals surface area contributed by atoms with Gasteiger partial charge in [0.05, 0.1) is 11.1 Å². The first-order chi connectivity index (χ1) is 11.5. The maximum absolute atomic E-state index is 12.6. The molecular weight excluding hydrogens is 324 g/mol.